The number of carbonyl (C=O) groups is 2. The van der Waals surface area contributed by atoms with Crippen molar-refractivity contribution in [1.29, 1.82) is 5.41 Å². The van der Waals surface area contributed by atoms with Gasteiger partial charge in [-0.05, 0) is 37.1 Å². The summed E-state index contributed by atoms with van der Waals surface area (Å²) in [5.41, 5.74) is 7.21. The van der Waals surface area contributed by atoms with E-state index in [1.807, 2.05) is 24.3 Å². The largest absolute Gasteiger partial charge is 0.481 e. The number of likely N-dealkylation sites (tertiary alicyclic amines) is 1. The fourth-order valence-corrected chi connectivity index (χ4v) is 4.23. The first-order valence-corrected chi connectivity index (χ1v) is 9.49. The molecule has 2 saturated heterocycles. The van der Waals surface area contributed by atoms with Gasteiger partial charge in [-0.15, -0.1) is 0 Å². The summed E-state index contributed by atoms with van der Waals surface area (Å²) in [6, 6.07) is 7.51. The molecule has 1 aromatic rings. The van der Waals surface area contributed by atoms with Gasteiger partial charge in [-0.3, -0.25) is 24.8 Å². The van der Waals surface area contributed by atoms with Gasteiger partial charge in [0.15, 0.2) is 0 Å². The van der Waals surface area contributed by atoms with Crippen LogP contribution in [0, 0.1) is 11.3 Å². The maximum atomic E-state index is 11.8. The van der Waals surface area contributed by atoms with Crippen LogP contribution in [-0.2, 0) is 9.59 Å². The second kappa shape index (κ2) is 8.57. The Morgan fingerprint density at radius 3 is 2.25 bits per heavy atom. The van der Waals surface area contributed by atoms with Crippen molar-refractivity contribution < 1.29 is 19.8 Å². The van der Waals surface area contributed by atoms with Crippen LogP contribution in [0.2, 0.25) is 0 Å². The molecule has 9 heteroatoms. The molecule has 2 aliphatic rings. The van der Waals surface area contributed by atoms with Crippen LogP contribution in [0.25, 0.3) is 0 Å². The number of hydrogen-bond donors (Lipinski definition) is 4. The average Bonchev–Trinajstić information content (AvgIpc) is 2.67. The number of piperidine rings is 1. The number of nitrogens with zero attached hydrogens (tertiary/aromatic N) is 3. The van der Waals surface area contributed by atoms with E-state index >= 15 is 0 Å². The Labute approximate surface area is 163 Å². The van der Waals surface area contributed by atoms with Gasteiger partial charge in [0.2, 0.25) is 0 Å². The molecular formula is C19H27N5O4. The van der Waals surface area contributed by atoms with Gasteiger partial charge in [-0.2, -0.15) is 0 Å². The Kier molecular flexibility index (Phi) is 6.15. The lowest BCUT2D eigenvalue weighted by Crippen LogP contribution is -2.62. The Balaban J connectivity index is 1.69. The molecule has 2 fully saturated rings. The minimum Gasteiger partial charge on any atom is -0.481 e. The number of amidine groups is 1. The molecule has 152 valence electrons. The minimum absolute atomic E-state index is 0.0342. The standard InChI is InChI=1S/C19H27N5O4/c20-17(21)13-3-5-14(6-4-13)22-8-10-23(11-9-22)18-15(19(27)28)2-1-7-24(18)12-16(25)26/h3-6,15,18H,1-2,7-12H2,(H3,20,21)(H,25,26)(H,27,28). The number of nitrogens with one attached hydrogen (secondary N) is 1. The maximum absolute atomic E-state index is 11.8. The number of carboxylic acids is 2. The van der Waals surface area contributed by atoms with Gasteiger partial charge >= 0.3 is 11.9 Å². The Morgan fingerprint density at radius 2 is 1.71 bits per heavy atom. The molecule has 3 rings (SSSR count). The molecule has 2 heterocycles. The molecule has 2 atom stereocenters. The summed E-state index contributed by atoms with van der Waals surface area (Å²) in [6.45, 7) is 3.25. The van der Waals surface area contributed by atoms with Crippen molar-refractivity contribution in [3.8, 4) is 0 Å². The van der Waals surface area contributed by atoms with E-state index in [2.05, 4.69) is 9.80 Å². The maximum Gasteiger partial charge on any atom is 0.317 e. The van der Waals surface area contributed by atoms with E-state index in [1.165, 1.54) is 0 Å². The molecule has 0 aromatic heterocycles. The summed E-state index contributed by atoms with van der Waals surface area (Å²) in [5.74, 6) is -2.33. The van der Waals surface area contributed by atoms with Gasteiger partial charge in [-0.25, -0.2) is 0 Å². The fourth-order valence-electron chi connectivity index (χ4n) is 4.23. The van der Waals surface area contributed by atoms with Crippen LogP contribution in [0.1, 0.15) is 18.4 Å². The summed E-state index contributed by atoms with van der Waals surface area (Å²) < 4.78 is 0. The Bertz CT molecular complexity index is 730. The summed E-state index contributed by atoms with van der Waals surface area (Å²) in [4.78, 5) is 29.1. The highest BCUT2D eigenvalue weighted by molar-refractivity contribution is 5.95. The molecule has 5 N–H and O–H groups in total. The van der Waals surface area contributed by atoms with E-state index in [0.717, 1.165) is 18.8 Å². The molecule has 1 aromatic carbocycles. The van der Waals surface area contributed by atoms with Crippen molar-refractivity contribution in [3.63, 3.8) is 0 Å². The third kappa shape index (κ3) is 4.42. The quantitative estimate of drug-likeness (QED) is 0.403. The Morgan fingerprint density at radius 1 is 1.07 bits per heavy atom. The van der Waals surface area contributed by atoms with Crippen LogP contribution in [-0.4, -0.2) is 83.2 Å². The average molecular weight is 389 g/mol. The van der Waals surface area contributed by atoms with Gasteiger partial charge in [0, 0.05) is 44.0 Å². The van der Waals surface area contributed by atoms with E-state index in [4.69, 9.17) is 11.1 Å². The molecule has 0 radical (unpaired) electrons. The lowest BCUT2D eigenvalue weighted by atomic mass is 9.92. The first kappa shape index (κ1) is 20.1. The lowest BCUT2D eigenvalue weighted by Gasteiger charge is -2.48. The van der Waals surface area contributed by atoms with Crippen molar-refractivity contribution in [2.75, 3.05) is 44.2 Å². The number of rotatable bonds is 6. The monoisotopic (exact) mass is 389 g/mol. The van der Waals surface area contributed by atoms with Crippen molar-refractivity contribution in [2.45, 2.75) is 19.0 Å². The summed E-state index contributed by atoms with van der Waals surface area (Å²) in [5, 5.41) is 26.3. The number of piperazine rings is 1. The molecule has 0 bridgehead atoms. The summed E-state index contributed by atoms with van der Waals surface area (Å²) >= 11 is 0. The van der Waals surface area contributed by atoms with E-state index < -0.39 is 17.9 Å². The molecule has 0 amide bonds. The van der Waals surface area contributed by atoms with Crippen LogP contribution < -0.4 is 10.6 Å². The second-order valence-electron chi connectivity index (χ2n) is 7.35. The zero-order valence-electron chi connectivity index (χ0n) is 15.8. The molecule has 2 aliphatic heterocycles. The lowest BCUT2D eigenvalue weighted by molar-refractivity contribution is -0.155. The summed E-state index contributed by atoms with van der Waals surface area (Å²) in [7, 11) is 0. The number of benzene rings is 1. The smallest absolute Gasteiger partial charge is 0.317 e. The van der Waals surface area contributed by atoms with Gasteiger partial charge in [0.05, 0.1) is 18.6 Å². The van der Waals surface area contributed by atoms with Crippen LogP contribution in [0.3, 0.4) is 0 Å². The topological polar surface area (TPSA) is 134 Å². The Hall–Kier alpha value is -2.65. The van der Waals surface area contributed by atoms with E-state index in [9.17, 15) is 19.8 Å². The van der Waals surface area contributed by atoms with Gasteiger partial charge in [0.25, 0.3) is 0 Å². The number of nitrogen functional groups attached to an aromatic ring is 1. The highest BCUT2D eigenvalue weighted by Crippen LogP contribution is 2.28. The number of aliphatic carboxylic acids is 2. The van der Waals surface area contributed by atoms with Gasteiger partial charge in [-0.1, -0.05) is 0 Å². The minimum atomic E-state index is -0.930. The van der Waals surface area contributed by atoms with E-state index in [-0.39, 0.29) is 18.5 Å². The van der Waals surface area contributed by atoms with E-state index in [1.54, 1.807) is 4.90 Å². The molecule has 2 unspecified atom stereocenters. The zero-order valence-corrected chi connectivity index (χ0v) is 15.8. The number of carboxylic acid groups (broad SMARTS) is 2. The van der Waals surface area contributed by atoms with Gasteiger partial charge in [0.1, 0.15) is 5.84 Å². The number of anilines is 1. The highest BCUT2D eigenvalue weighted by atomic mass is 16.4. The predicted octanol–water partition coefficient (Wildman–Crippen LogP) is 0.300. The van der Waals surface area contributed by atoms with Crippen molar-refractivity contribution in [3.05, 3.63) is 29.8 Å². The molecule has 0 aliphatic carbocycles. The normalized spacial score (nSPS) is 24.1. The second-order valence-corrected chi connectivity index (χ2v) is 7.35. The zero-order chi connectivity index (χ0) is 20.3. The van der Waals surface area contributed by atoms with Crippen LogP contribution in [0.5, 0.6) is 0 Å². The highest BCUT2D eigenvalue weighted by Gasteiger charge is 2.41. The van der Waals surface area contributed by atoms with Gasteiger partial charge < -0.3 is 20.8 Å². The predicted molar refractivity (Wildman–Crippen MR) is 105 cm³/mol. The SMILES string of the molecule is N=C(N)c1ccc(N2CCN(C3C(C(=O)O)CCCN3CC(=O)O)CC2)cc1. The molecule has 9 nitrogen and oxygen atoms in total. The summed E-state index contributed by atoms with van der Waals surface area (Å²) in [6.07, 6.45) is 0.885. The van der Waals surface area contributed by atoms with Crippen molar-refractivity contribution in [2.24, 2.45) is 11.7 Å². The number of nitrogens with two attached hydrogens (primary N) is 1. The molecular weight excluding hydrogens is 362 g/mol. The van der Waals surface area contributed by atoms with Crippen molar-refractivity contribution in [1.82, 2.24) is 9.80 Å². The van der Waals surface area contributed by atoms with E-state index in [0.29, 0.717) is 38.0 Å². The third-order valence-corrected chi connectivity index (χ3v) is 5.58. The molecule has 0 saturated carbocycles. The van der Waals surface area contributed by atoms with Crippen molar-refractivity contribution >= 4 is 23.5 Å². The van der Waals surface area contributed by atoms with Crippen LogP contribution >= 0.6 is 0 Å². The molecule has 28 heavy (non-hydrogen) atoms. The number of hydrogen-bond acceptors (Lipinski definition) is 6. The molecule has 0 spiro atoms. The first-order valence-electron chi connectivity index (χ1n) is 9.49. The third-order valence-electron chi connectivity index (χ3n) is 5.58. The first-order chi connectivity index (χ1) is 13.4. The van der Waals surface area contributed by atoms with Crippen LogP contribution in [0.4, 0.5) is 5.69 Å². The fraction of sp³-hybridized carbons (Fsp3) is 0.526. The van der Waals surface area contributed by atoms with Crippen LogP contribution in [0.15, 0.2) is 24.3 Å².